The second kappa shape index (κ2) is 5.14. The molecule has 2 aromatic rings. The number of hydrogen-bond acceptors (Lipinski definition) is 4. The van der Waals surface area contributed by atoms with Gasteiger partial charge in [-0.25, -0.2) is 0 Å². The Kier molecular flexibility index (Phi) is 3.15. The van der Waals surface area contributed by atoms with Crippen molar-refractivity contribution in [3.8, 4) is 0 Å². The standard InChI is InChI=1S/C18H15N3O4/c1-11-4-6-12(7-5-11)10-20-15(23)13-3-2-8-21(13)18(17(20)25)9-14(22)19-16(18)24/h2-8H,9-10H2,1H3,(H,19,22,24). The van der Waals surface area contributed by atoms with E-state index in [4.69, 9.17) is 0 Å². The van der Waals surface area contributed by atoms with Crippen molar-refractivity contribution < 1.29 is 19.2 Å². The smallest absolute Gasteiger partial charge is 0.277 e. The third kappa shape index (κ3) is 2.05. The number of amides is 4. The molecule has 25 heavy (non-hydrogen) atoms. The molecule has 2 aliphatic heterocycles. The van der Waals surface area contributed by atoms with Gasteiger partial charge in [0.15, 0.2) is 0 Å². The second-order valence-corrected chi connectivity index (χ2v) is 6.36. The number of hydrogen-bond donors (Lipinski definition) is 1. The molecule has 1 atom stereocenters. The summed E-state index contributed by atoms with van der Waals surface area (Å²) in [5.74, 6) is -2.37. The number of fused-ring (bicyclic) bond motifs is 2. The molecule has 0 bridgehead atoms. The van der Waals surface area contributed by atoms with Gasteiger partial charge in [0.1, 0.15) is 5.69 Å². The van der Waals surface area contributed by atoms with Crippen LogP contribution in [0.25, 0.3) is 0 Å². The number of rotatable bonds is 2. The molecular weight excluding hydrogens is 322 g/mol. The lowest BCUT2D eigenvalue weighted by atomic mass is 9.91. The molecule has 1 saturated heterocycles. The predicted molar refractivity (Wildman–Crippen MR) is 86.2 cm³/mol. The third-order valence-corrected chi connectivity index (χ3v) is 4.73. The highest BCUT2D eigenvalue weighted by molar-refractivity contribution is 6.24. The van der Waals surface area contributed by atoms with Gasteiger partial charge >= 0.3 is 0 Å². The highest BCUT2D eigenvalue weighted by Crippen LogP contribution is 2.35. The molecule has 0 saturated carbocycles. The van der Waals surface area contributed by atoms with Crippen molar-refractivity contribution in [3.63, 3.8) is 0 Å². The number of aromatic nitrogens is 1. The summed E-state index contributed by atoms with van der Waals surface area (Å²) < 4.78 is 1.32. The largest absolute Gasteiger partial charge is 0.320 e. The number of imide groups is 2. The number of benzene rings is 1. The molecule has 4 rings (SSSR count). The number of carbonyl (C=O) groups excluding carboxylic acids is 4. The van der Waals surface area contributed by atoms with E-state index in [0.29, 0.717) is 0 Å². The normalized spacial score (nSPS) is 22.5. The van der Waals surface area contributed by atoms with E-state index in [-0.39, 0.29) is 18.7 Å². The average Bonchev–Trinajstić information content (AvgIpc) is 3.17. The summed E-state index contributed by atoms with van der Waals surface area (Å²) >= 11 is 0. The molecule has 126 valence electrons. The predicted octanol–water partition coefficient (Wildman–Crippen LogP) is 0.721. The fourth-order valence-electron chi connectivity index (χ4n) is 3.42. The maximum absolute atomic E-state index is 13.1. The molecule has 1 N–H and O–H groups in total. The molecule has 2 aliphatic rings. The van der Waals surface area contributed by atoms with E-state index >= 15 is 0 Å². The highest BCUT2D eigenvalue weighted by Gasteiger charge is 2.60. The quantitative estimate of drug-likeness (QED) is 0.646. The number of nitrogens with one attached hydrogen (secondary N) is 1. The zero-order chi connectivity index (χ0) is 17.8. The van der Waals surface area contributed by atoms with Crippen LogP contribution >= 0.6 is 0 Å². The van der Waals surface area contributed by atoms with Crippen LogP contribution in [0.4, 0.5) is 0 Å². The lowest BCUT2D eigenvalue weighted by molar-refractivity contribution is -0.147. The van der Waals surface area contributed by atoms with Gasteiger partial charge in [0.05, 0.1) is 13.0 Å². The highest BCUT2D eigenvalue weighted by atomic mass is 16.2. The first kappa shape index (κ1) is 15.3. The van der Waals surface area contributed by atoms with Gasteiger partial charge in [0.2, 0.25) is 11.4 Å². The van der Waals surface area contributed by atoms with E-state index in [2.05, 4.69) is 5.32 Å². The Hall–Kier alpha value is -3.22. The summed E-state index contributed by atoms with van der Waals surface area (Å²) in [5, 5.41) is 2.19. The minimum atomic E-state index is -1.71. The minimum absolute atomic E-state index is 0.0480. The van der Waals surface area contributed by atoms with E-state index in [0.717, 1.165) is 16.0 Å². The molecule has 1 aromatic carbocycles. The third-order valence-electron chi connectivity index (χ3n) is 4.73. The summed E-state index contributed by atoms with van der Waals surface area (Å²) in [5.41, 5.74) is 0.337. The first-order valence-electron chi connectivity index (χ1n) is 7.87. The van der Waals surface area contributed by atoms with Crippen LogP contribution in [0, 0.1) is 6.92 Å². The van der Waals surface area contributed by atoms with Crippen molar-refractivity contribution in [1.82, 2.24) is 14.8 Å². The van der Waals surface area contributed by atoms with Gasteiger partial charge in [0, 0.05) is 6.20 Å². The van der Waals surface area contributed by atoms with Crippen molar-refractivity contribution in [3.05, 3.63) is 59.4 Å². The summed E-state index contributed by atoms with van der Waals surface area (Å²) in [6.45, 7) is 1.99. The molecule has 1 fully saturated rings. The zero-order valence-corrected chi connectivity index (χ0v) is 13.5. The Morgan fingerprint density at radius 1 is 1.08 bits per heavy atom. The molecule has 1 unspecified atom stereocenters. The van der Waals surface area contributed by atoms with E-state index in [1.165, 1.54) is 10.8 Å². The fourth-order valence-corrected chi connectivity index (χ4v) is 3.42. The molecule has 0 radical (unpaired) electrons. The Bertz CT molecular complexity index is 928. The second-order valence-electron chi connectivity index (χ2n) is 6.36. The van der Waals surface area contributed by atoms with Gasteiger partial charge in [-0.3, -0.25) is 29.4 Å². The number of aryl methyl sites for hydroxylation is 1. The Morgan fingerprint density at radius 2 is 1.80 bits per heavy atom. The van der Waals surface area contributed by atoms with E-state index in [1.54, 1.807) is 12.1 Å². The molecule has 1 spiro atoms. The zero-order valence-electron chi connectivity index (χ0n) is 13.5. The van der Waals surface area contributed by atoms with Crippen molar-refractivity contribution in [2.24, 2.45) is 0 Å². The molecule has 1 aromatic heterocycles. The van der Waals surface area contributed by atoms with E-state index in [1.807, 2.05) is 31.2 Å². The maximum Gasteiger partial charge on any atom is 0.277 e. The lowest BCUT2D eigenvalue weighted by Gasteiger charge is -2.37. The van der Waals surface area contributed by atoms with Crippen molar-refractivity contribution in [1.29, 1.82) is 0 Å². The molecule has 0 aliphatic carbocycles. The van der Waals surface area contributed by atoms with Crippen LogP contribution in [0.5, 0.6) is 0 Å². The van der Waals surface area contributed by atoms with Crippen LogP contribution in [0.1, 0.15) is 28.0 Å². The van der Waals surface area contributed by atoms with Crippen molar-refractivity contribution >= 4 is 23.6 Å². The number of nitrogens with zero attached hydrogens (tertiary/aromatic N) is 2. The summed E-state index contributed by atoms with van der Waals surface area (Å²) in [7, 11) is 0. The summed E-state index contributed by atoms with van der Waals surface area (Å²) in [6, 6.07) is 10.6. The lowest BCUT2D eigenvalue weighted by Crippen LogP contribution is -2.60. The monoisotopic (exact) mass is 337 g/mol. The van der Waals surface area contributed by atoms with E-state index in [9.17, 15) is 19.2 Å². The van der Waals surface area contributed by atoms with Gasteiger partial charge in [-0.1, -0.05) is 29.8 Å². The fraction of sp³-hybridized carbons (Fsp3) is 0.222. The first-order chi connectivity index (χ1) is 11.9. The van der Waals surface area contributed by atoms with Gasteiger partial charge in [-0.2, -0.15) is 0 Å². The van der Waals surface area contributed by atoms with Gasteiger partial charge in [-0.15, -0.1) is 0 Å². The van der Waals surface area contributed by atoms with Crippen LogP contribution < -0.4 is 5.32 Å². The molecule has 7 nitrogen and oxygen atoms in total. The Balaban J connectivity index is 1.81. The molecule has 4 amide bonds. The van der Waals surface area contributed by atoms with Gasteiger partial charge in [0.25, 0.3) is 17.7 Å². The first-order valence-corrected chi connectivity index (χ1v) is 7.87. The van der Waals surface area contributed by atoms with Gasteiger partial charge < -0.3 is 4.57 Å². The summed E-state index contributed by atoms with van der Waals surface area (Å²) in [6.07, 6.45) is 1.19. The SMILES string of the molecule is Cc1ccc(CN2C(=O)c3cccn3C3(CC(=O)NC3=O)C2=O)cc1. The van der Waals surface area contributed by atoms with Crippen LogP contribution in [-0.2, 0) is 26.5 Å². The van der Waals surface area contributed by atoms with Crippen LogP contribution in [0.15, 0.2) is 42.6 Å². The maximum atomic E-state index is 13.1. The van der Waals surface area contributed by atoms with Crippen molar-refractivity contribution in [2.45, 2.75) is 25.4 Å². The summed E-state index contributed by atoms with van der Waals surface area (Å²) in [4.78, 5) is 51.2. The van der Waals surface area contributed by atoms with Crippen LogP contribution in [-0.4, -0.2) is 33.1 Å². The average molecular weight is 337 g/mol. The van der Waals surface area contributed by atoms with Crippen molar-refractivity contribution in [2.75, 3.05) is 0 Å². The van der Waals surface area contributed by atoms with Gasteiger partial charge in [-0.05, 0) is 24.6 Å². The number of carbonyl (C=O) groups is 4. The minimum Gasteiger partial charge on any atom is -0.320 e. The molecular formula is C18H15N3O4. The van der Waals surface area contributed by atoms with E-state index < -0.39 is 29.2 Å². The van der Waals surface area contributed by atoms with Crippen LogP contribution in [0.3, 0.4) is 0 Å². The molecule has 3 heterocycles. The molecule has 7 heteroatoms. The topological polar surface area (TPSA) is 88.5 Å². The Labute approximate surface area is 143 Å². The van der Waals surface area contributed by atoms with Crippen LogP contribution in [0.2, 0.25) is 0 Å². The Morgan fingerprint density at radius 3 is 2.44 bits per heavy atom.